The molecule has 0 radical (unpaired) electrons. The van der Waals surface area contributed by atoms with Crippen molar-refractivity contribution < 1.29 is 38.3 Å². The molecule has 38 heavy (non-hydrogen) atoms. The molecule has 1 aliphatic heterocycles. The standard InChI is InChI=1S/C26H21N3O9/c1-35-20-13-16(14-21(36-2)23(20)37-3)26(32)38-22-15(8-7-11-19(22)29(33)34)12-18-24(30)27-28(25(18)31)17-9-5-4-6-10-17/h4-14H,1-3H3,(H,27,30)/b18-12-. The Balaban J connectivity index is 1.75. The summed E-state index contributed by atoms with van der Waals surface area (Å²) in [6, 6.07) is 14.9. The average molecular weight is 519 g/mol. The summed E-state index contributed by atoms with van der Waals surface area (Å²) in [6.45, 7) is 0. The zero-order chi connectivity index (χ0) is 27.4. The van der Waals surface area contributed by atoms with E-state index in [-0.39, 0.29) is 33.9 Å². The lowest BCUT2D eigenvalue weighted by Gasteiger charge is -2.14. The van der Waals surface area contributed by atoms with Crippen LogP contribution in [0.3, 0.4) is 0 Å². The molecular formula is C26H21N3O9. The number of nitro groups is 1. The van der Waals surface area contributed by atoms with Crippen LogP contribution in [0, 0.1) is 10.1 Å². The van der Waals surface area contributed by atoms with E-state index in [1.54, 1.807) is 30.3 Å². The number of esters is 1. The summed E-state index contributed by atoms with van der Waals surface area (Å²) >= 11 is 0. The summed E-state index contributed by atoms with van der Waals surface area (Å²) < 4.78 is 21.2. The van der Waals surface area contributed by atoms with E-state index >= 15 is 0 Å². The topological polar surface area (TPSA) is 147 Å². The molecule has 3 aromatic carbocycles. The van der Waals surface area contributed by atoms with E-state index in [1.165, 1.54) is 45.6 Å². The number of nitro benzene ring substituents is 1. The van der Waals surface area contributed by atoms with E-state index < -0.39 is 34.1 Å². The third-order valence-electron chi connectivity index (χ3n) is 5.52. The van der Waals surface area contributed by atoms with Crippen LogP contribution in [-0.4, -0.2) is 44.0 Å². The molecular weight excluding hydrogens is 498 g/mol. The second-order valence-corrected chi connectivity index (χ2v) is 7.73. The molecule has 1 aliphatic rings. The summed E-state index contributed by atoms with van der Waals surface area (Å²) in [7, 11) is 4.12. The first-order chi connectivity index (χ1) is 18.3. The Bertz CT molecular complexity index is 1440. The molecule has 12 nitrogen and oxygen atoms in total. The maximum absolute atomic E-state index is 13.1. The maximum atomic E-state index is 13.1. The van der Waals surface area contributed by atoms with Gasteiger partial charge in [-0.2, -0.15) is 0 Å². The Labute approximate surface area is 216 Å². The minimum absolute atomic E-state index is 0.0339. The van der Waals surface area contributed by atoms with Crippen LogP contribution in [0.4, 0.5) is 11.4 Å². The molecule has 3 aromatic rings. The van der Waals surface area contributed by atoms with Crippen molar-refractivity contribution in [1.82, 2.24) is 5.43 Å². The number of ether oxygens (including phenoxy) is 4. The molecule has 1 N–H and O–H groups in total. The number of nitrogens with one attached hydrogen (secondary N) is 1. The number of hydrogen-bond donors (Lipinski definition) is 1. The molecule has 2 amide bonds. The van der Waals surface area contributed by atoms with Crippen LogP contribution >= 0.6 is 0 Å². The van der Waals surface area contributed by atoms with Gasteiger partial charge in [0, 0.05) is 11.6 Å². The van der Waals surface area contributed by atoms with Crippen molar-refractivity contribution in [1.29, 1.82) is 0 Å². The Morgan fingerprint density at radius 1 is 0.921 bits per heavy atom. The summed E-state index contributed by atoms with van der Waals surface area (Å²) in [4.78, 5) is 49.7. The smallest absolute Gasteiger partial charge is 0.344 e. The van der Waals surface area contributed by atoms with Crippen molar-refractivity contribution in [3.05, 3.63) is 87.5 Å². The number of benzene rings is 3. The molecule has 12 heteroatoms. The van der Waals surface area contributed by atoms with Gasteiger partial charge in [0.15, 0.2) is 11.5 Å². The van der Waals surface area contributed by atoms with Crippen molar-refractivity contribution in [3.63, 3.8) is 0 Å². The summed E-state index contributed by atoms with van der Waals surface area (Å²) in [5.74, 6) is -2.29. The van der Waals surface area contributed by atoms with E-state index in [9.17, 15) is 24.5 Å². The van der Waals surface area contributed by atoms with Crippen molar-refractivity contribution in [3.8, 4) is 23.0 Å². The lowest BCUT2D eigenvalue weighted by molar-refractivity contribution is -0.385. The molecule has 0 aromatic heterocycles. The molecule has 0 unspecified atom stereocenters. The van der Waals surface area contributed by atoms with E-state index in [4.69, 9.17) is 18.9 Å². The summed E-state index contributed by atoms with van der Waals surface area (Å²) in [5.41, 5.74) is 1.92. The van der Waals surface area contributed by atoms with Crippen LogP contribution in [0.2, 0.25) is 0 Å². The highest BCUT2D eigenvalue weighted by molar-refractivity contribution is 6.31. The van der Waals surface area contributed by atoms with Gasteiger partial charge in [0.05, 0.1) is 37.5 Å². The average Bonchev–Trinajstić information content (AvgIpc) is 3.21. The van der Waals surface area contributed by atoms with E-state index in [2.05, 4.69) is 5.43 Å². The first-order valence-electron chi connectivity index (χ1n) is 11.0. The molecule has 194 valence electrons. The number of carbonyl (C=O) groups is 3. The number of para-hydroxylation sites is 2. The number of amides is 2. The lowest BCUT2D eigenvalue weighted by atomic mass is 10.1. The van der Waals surface area contributed by atoms with Crippen molar-refractivity contribution in [2.24, 2.45) is 0 Å². The Morgan fingerprint density at radius 2 is 1.58 bits per heavy atom. The third-order valence-corrected chi connectivity index (χ3v) is 5.52. The fraction of sp³-hybridized carbons (Fsp3) is 0.115. The second kappa shape index (κ2) is 10.7. The van der Waals surface area contributed by atoms with Gasteiger partial charge in [0.1, 0.15) is 5.57 Å². The van der Waals surface area contributed by atoms with Gasteiger partial charge in [-0.1, -0.05) is 30.3 Å². The van der Waals surface area contributed by atoms with Crippen LogP contribution < -0.4 is 29.4 Å². The quantitative estimate of drug-likeness (QED) is 0.118. The van der Waals surface area contributed by atoms with Gasteiger partial charge >= 0.3 is 11.7 Å². The van der Waals surface area contributed by atoms with Crippen LogP contribution in [0.5, 0.6) is 23.0 Å². The largest absolute Gasteiger partial charge is 0.493 e. The number of anilines is 1. The van der Waals surface area contributed by atoms with Gasteiger partial charge in [-0.3, -0.25) is 25.1 Å². The first-order valence-corrected chi connectivity index (χ1v) is 11.0. The van der Waals surface area contributed by atoms with E-state index in [0.717, 1.165) is 17.2 Å². The van der Waals surface area contributed by atoms with Gasteiger partial charge in [0.2, 0.25) is 11.5 Å². The highest BCUT2D eigenvalue weighted by Crippen LogP contribution is 2.39. The van der Waals surface area contributed by atoms with Crippen molar-refractivity contribution in [2.75, 3.05) is 26.3 Å². The molecule has 0 aliphatic carbocycles. The summed E-state index contributed by atoms with van der Waals surface area (Å²) in [6.07, 6.45) is 1.13. The number of rotatable bonds is 8. The normalized spacial score (nSPS) is 13.8. The van der Waals surface area contributed by atoms with Crippen molar-refractivity contribution in [2.45, 2.75) is 0 Å². The Hall–Kier alpha value is -5.39. The van der Waals surface area contributed by atoms with Gasteiger partial charge < -0.3 is 18.9 Å². The number of hydrogen-bond acceptors (Lipinski definition) is 9. The molecule has 1 heterocycles. The lowest BCUT2D eigenvalue weighted by Crippen LogP contribution is -2.35. The number of hydrazine groups is 1. The Morgan fingerprint density at radius 3 is 2.16 bits per heavy atom. The zero-order valence-corrected chi connectivity index (χ0v) is 20.4. The highest BCUT2D eigenvalue weighted by Gasteiger charge is 2.35. The van der Waals surface area contributed by atoms with E-state index in [1.807, 2.05) is 0 Å². The van der Waals surface area contributed by atoms with Gasteiger partial charge in [-0.15, -0.1) is 0 Å². The monoisotopic (exact) mass is 519 g/mol. The van der Waals surface area contributed by atoms with Crippen LogP contribution in [0.1, 0.15) is 15.9 Å². The fourth-order valence-electron chi connectivity index (χ4n) is 3.73. The molecule has 0 saturated carbocycles. The van der Waals surface area contributed by atoms with Crippen molar-refractivity contribution >= 4 is 35.2 Å². The minimum atomic E-state index is -0.980. The maximum Gasteiger partial charge on any atom is 0.344 e. The third kappa shape index (κ3) is 4.82. The predicted octanol–water partition coefficient (Wildman–Crippen LogP) is 3.30. The molecule has 0 spiro atoms. The van der Waals surface area contributed by atoms with Crippen LogP contribution in [-0.2, 0) is 9.59 Å². The number of carbonyl (C=O) groups excluding carboxylic acids is 3. The van der Waals surface area contributed by atoms with Gasteiger partial charge in [-0.05, 0) is 30.3 Å². The molecule has 1 fully saturated rings. The molecule has 1 saturated heterocycles. The van der Waals surface area contributed by atoms with E-state index in [0.29, 0.717) is 5.69 Å². The Kier molecular flexibility index (Phi) is 7.24. The molecule has 0 bridgehead atoms. The second-order valence-electron chi connectivity index (χ2n) is 7.73. The minimum Gasteiger partial charge on any atom is -0.493 e. The SMILES string of the molecule is COc1cc(C(=O)Oc2c(/C=C3/C(=O)NN(c4ccccc4)C3=O)cccc2[N+](=O)[O-])cc(OC)c1OC. The summed E-state index contributed by atoms with van der Waals surface area (Å²) in [5, 5.41) is 12.8. The van der Waals surface area contributed by atoms with Crippen LogP contribution in [0.15, 0.2) is 66.2 Å². The molecule has 4 rings (SSSR count). The highest BCUT2D eigenvalue weighted by atomic mass is 16.6. The van der Waals surface area contributed by atoms with Gasteiger partial charge in [-0.25, -0.2) is 9.80 Å². The molecule has 0 atom stereocenters. The zero-order valence-electron chi connectivity index (χ0n) is 20.4. The first kappa shape index (κ1) is 25.7. The predicted molar refractivity (Wildman–Crippen MR) is 134 cm³/mol. The van der Waals surface area contributed by atoms with Gasteiger partial charge in [0.25, 0.3) is 11.8 Å². The fourth-order valence-corrected chi connectivity index (χ4v) is 3.73. The number of nitrogens with zero attached hydrogens (tertiary/aromatic N) is 2. The van der Waals surface area contributed by atoms with Crippen LogP contribution in [0.25, 0.3) is 6.08 Å². The number of methoxy groups -OCH3 is 3.